The number of aromatic nitrogens is 3. The summed E-state index contributed by atoms with van der Waals surface area (Å²) in [4.78, 5) is 33.8. The maximum Gasteiger partial charge on any atom is 0.227 e. The van der Waals surface area contributed by atoms with E-state index >= 15 is 0 Å². The summed E-state index contributed by atoms with van der Waals surface area (Å²) >= 11 is 1.16. The number of nitrogens with one attached hydrogen (secondary N) is 1. The van der Waals surface area contributed by atoms with E-state index in [4.69, 9.17) is 9.26 Å². The van der Waals surface area contributed by atoms with E-state index in [-0.39, 0.29) is 24.5 Å². The predicted octanol–water partition coefficient (Wildman–Crippen LogP) is 4.64. The fraction of sp³-hybridized carbons (Fsp3) is 0.174. The number of ether oxygens (including phenoxy) is 1. The van der Waals surface area contributed by atoms with Gasteiger partial charge in [-0.1, -0.05) is 46.8 Å². The Kier molecular flexibility index (Phi) is 6.37. The van der Waals surface area contributed by atoms with Gasteiger partial charge >= 0.3 is 0 Å². The molecule has 2 aromatic carbocycles. The summed E-state index contributed by atoms with van der Waals surface area (Å²) in [6.07, 6.45) is 0.422. The summed E-state index contributed by atoms with van der Waals surface area (Å²) < 4.78 is 10.4. The number of Topliss-reactive ketones (excluding diaryl/α,β-unsaturated/α-hetero) is 1. The molecule has 0 saturated heterocycles. The maximum atomic E-state index is 12.4. The third-order valence-electron chi connectivity index (χ3n) is 4.62. The number of nitrogens with zero attached hydrogens (tertiary/aromatic N) is 3. The van der Waals surface area contributed by atoms with Gasteiger partial charge in [-0.15, -0.1) is 0 Å². The number of aryl methyl sites for hydroxylation is 1. The zero-order valence-electron chi connectivity index (χ0n) is 17.5. The van der Waals surface area contributed by atoms with Crippen LogP contribution in [0.4, 0.5) is 5.13 Å². The molecule has 0 aliphatic heterocycles. The van der Waals surface area contributed by atoms with Crippen molar-refractivity contribution in [3.05, 3.63) is 65.4 Å². The summed E-state index contributed by atoms with van der Waals surface area (Å²) in [5.41, 5.74) is 2.18. The molecule has 1 N–H and O–H groups in total. The minimum atomic E-state index is -0.252. The molecule has 9 heteroatoms. The minimum absolute atomic E-state index is 0.0984. The van der Waals surface area contributed by atoms with E-state index in [1.807, 2.05) is 54.6 Å². The number of amides is 1. The number of ketones is 1. The molecule has 0 radical (unpaired) electrons. The summed E-state index contributed by atoms with van der Waals surface area (Å²) in [5.74, 6) is 1.19. The van der Waals surface area contributed by atoms with Gasteiger partial charge in [-0.3, -0.25) is 9.59 Å². The van der Waals surface area contributed by atoms with E-state index in [1.165, 1.54) is 6.92 Å². The van der Waals surface area contributed by atoms with Crippen molar-refractivity contribution < 1.29 is 18.8 Å². The van der Waals surface area contributed by atoms with Crippen LogP contribution >= 0.6 is 11.3 Å². The fourth-order valence-electron chi connectivity index (χ4n) is 3.02. The topological polar surface area (TPSA) is 107 Å². The van der Waals surface area contributed by atoms with Crippen LogP contribution in [-0.2, 0) is 11.2 Å². The van der Waals surface area contributed by atoms with Gasteiger partial charge in [0.1, 0.15) is 5.75 Å². The molecule has 0 fully saturated rings. The van der Waals surface area contributed by atoms with Gasteiger partial charge in [0.05, 0.1) is 17.7 Å². The van der Waals surface area contributed by atoms with Gasteiger partial charge in [0.15, 0.2) is 10.9 Å². The third-order valence-corrected chi connectivity index (χ3v) is 5.69. The minimum Gasteiger partial charge on any atom is -0.497 e. The molecule has 0 unspecified atom stereocenters. The van der Waals surface area contributed by atoms with Crippen molar-refractivity contribution in [2.75, 3.05) is 12.4 Å². The number of rotatable bonds is 8. The van der Waals surface area contributed by atoms with Gasteiger partial charge in [-0.05, 0) is 24.3 Å². The van der Waals surface area contributed by atoms with Crippen LogP contribution in [0, 0.1) is 0 Å². The molecule has 0 atom stereocenters. The summed E-state index contributed by atoms with van der Waals surface area (Å²) in [6, 6.07) is 16.7. The second kappa shape index (κ2) is 9.52. The molecule has 2 heterocycles. The normalized spacial score (nSPS) is 10.7. The molecule has 4 aromatic rings. The molecule has 8 nitrogen and oxygen atoms in total. The largest absolute Gasteiger partial charge is 0.497 e. The van der Waals surface area contributed by atoms with Crippen LogP contribution in [-0.4, -0.2) is 33.9 Å². The SMILES string of the molecule is COc1ccc(-c2noc(CCC(=O)Nc3nc(-c4ccccc4)c(C(C)=O)s3)n2)cc1. The molecule has 2 aromatic heterocycles. The number of hydrogen-bond donors (Lipinski definition) is 1. The van der Waals surface area contributed by atoms with Gasteiger partial charge in [-0.2, -0.15) is 4.98 Å². The number of benzene rings is 2. The van der Waals surface area contributed by atoms with Crippen LogP contribution in [0.15, 0.2) is 59.1 Å². The Labute approximate surface area is 188 Å². The molecule has 0 aliphatic carbocycles. The first-order valence-corrected chi connectivity index (χ1v) is 10.7. The molecular weight excluding hydrogens is 428 g/mol. The van der Waals surface area contributed by atoms with Crippen molar-refractivity contribution in [3.8, 4) is 28.4 Å². The van der Waals surface area contributed by atoms with Gasteiger partial charge in [0.25, 0.3) is 0 Å². The number of thiazole rings is 1. The van der Waals surface area contributed by atoms with Crippen LogP contribution in [0.5, 0.6) is 5.75 Å². The van der Waals surface area contributed by atoms with Crippen molar-refractivity contribution in [2.45, 2.75) is 19.8 Å². The Bertz CT molecular complexity index is 1230. The highest BCUT2D eigenvalue weighted by Gasteiger charge is 2.18. The van der Waals surface area contributed by atoms with Gasteiger partial charge < -0.3 is 14.6 Å². The van der Waals surface area contributed by atoms with Crippen LogP contribution in [0.2, 0.25) is 0 Å². The predicted molar refractivity (Wildman–Crippen MR) is 121 cm³/mol. The first-order chi connectivity index (χ1) is 15.5. The Balaban J connectivity index is 1.39. The average Bonchev–Trinajstić information content (AvgIpc) is 3.46. The van der Waals surface area contributed by atoms with E-state index in [1.54, 1.807) is 7.11 Å². The number of methoxy groups -OCH3 is 1. The van der Waals surface area contributed by atoms with E-state index in [9.17, 15) is 9.59 Å². The van der Waals surface area contributed by atoms with E-state index < -0.39 is 0 Å². The molecule has 162 valence electrons. The Morgan fingerprint density at radius 2 is 1.78 bits per heavy atom. The lowest BCUT2D eigenvalue weighted by Crippen LogP contribution is -2.12. The van der Waals surface area contributed by atoms with Crippen LogP contribution in [0.1, 0.15) is 28.9 Å². The standard InChI is InChI=1S/C23H20N4O4S/c1-14(28)21-20(15-6-4-3-5-7-15)26-23(32-21)24-18(29)12-13-19-25-22(27-31-19)16-8-10-17(30-2)11-9-16/h3-11H,12-13H2,1-2H3,(H,24,26,29). The Hall–Kier alpha value is -3.85. The summed E-state index contributed by atoms with van der Waals surface area (Å²) in [5, 5.41) is 7.10. The molecule has 4 rings (SSSR count). The molecule has 32 heavy (non-hydrogen) atoms. The molecule has 0 spiro atoms. The zero-order chi connectivity index (χ0) is 22.5. The van der Waals surface area contributed by atoms with E-state index in [0.717, 1.165) is 28.2 Å². The van der Waals surface area contributed by atoms with Crippen LogP contribution < -0.4 is 10.1 Å². The quantitative estimate of drug-likeness (QED) is 0.391. The zero-order valence-corrected chi connectivity index (χ0v) is 18.3. The molecular formula is C23H20N4O4S. The highest BCUT2D eigenvalue weighted by atomic mass is 32.1. The third kappa shape index (κ3) is 4.89. The molecule has 1 amide bonds. The van der Waals surface area contributed by atoms with Crippen molar-refractivity contribution >= 4 is 28.2 Å². The van der Waals surface area contributed by atoms with Gasteiger partial charge in [-0.25, -0.2) is 4.98 Å². The Morgan fingerprint density at radius 1 is 1.03 bits per heavy atom. The molecule has 0 saturated carbocycles. The van der Waals surface area contributed by atoms with Crippen molar-refractivity contribution in [1.29, 1.82) is 0 Å². The Morgan fingerprint density at radius 3 is 2.47 bits per heavy atom. The second-order valence-corrected chi connectivity index (χ2v) is 7.91. The highest BCUT2D eigenvalue weighted by Crippen LogP contribution is 2.31. The fourth-order valence-corrected chi connectivity index (χ4v) is 3.92. The van der Waals surface area contributed by atoms with Crippen molar-refractivity contribution in [3.63, 3.8) is 0 Å². The number of carbonyl (C=O) groups is 2. The number of anilines is 1. The van der Waals surface area contributed by atoms with Crippen LogP contribution in [0.25, 0.3) is 22.6 Å². The highest BCUT2D eigenvalue weighted by molar-refractivity contribution is 7.18. The molecule has 0 aliphatic rings. The second-order valence-electron chi connectivity index (χ2n) is 6.91. The lowest BCUT2D eigenvalue weighted by atomic mass is 10.1. The first-order valence-electron chi connectivity index (χ1n) is 9.87. The number of hydrogen-bond acceptors (Lipinski definition) is 8. The van der Waals surface area contributed by atoms with E-state index in [2.05, 4.69) is 20.4 Å². The lowest BCUT2D eigenvalue weighted by Gasteiger charge is -2.00. The van der Waals surface area contributed by atoms with Gasteiger partial charge in [0, 0.05) is 30.9 Å². The maximum absolute atomic E-state index is 12.4. The summed E-state index contributed by atoms with van der Waals surface area (Å²) in [6.45, 7) is 1.49. The van der Waals surface area contributed by atoms with Crippen molar-refractivity contribution in [2.24, 2.45) is 0 Å². The number of carbonyl (C=O) groups excluding carboxylic acids is 2. The molecule has 0 bridgehead atoms. The summed E-state index contributed by atoms with van der Waals surface area (Å²) in [7, 11) is 1.60. The lowest BCUT2D eigenvalue weighted by molar-refractivity contribution is -0.116. The van der Waals surface area contributed by atoms with Gasteiger partial charge in [0.2, 0.25) is 17.6 Å². The first kappa shape index (κ1) is 21.4. The average molecular weight is 449 g/mol. The van der Waals surface area contributed by atoms with Crippen molar-refractivity contribution in [1.82, 2.24) is 15.1 Å². The van der Waals surface area contributed by atoms with E-state index in [0.29, 0.717) is 27.4 Å². The van der Waals surface area contributed by atoms with Crippen LogP contribution in [0.3, 0.4) is 0 Å². The smallest absolute Gasteiger partial charge is 0.227 e. The monoisotopic (exact) mass is 448 g/mol.